The van der Waals surface area contributed by atoms with Gasteiger partial charge in [-0.3, -0.25) is 0 Å². The zero-order valence-electron chi connectivity index (χ0n) is 42.0. The first-order valence-corrected chi connectivity index (χ1v) is 27.4. The predicted molar refractivity (Wildman–Crippen MR) is 291 cm³/mol. The van der Waals surface area contributed by atoms with Crippen LogP contribution in [0.1, 0.15) is 177 Å². The van der Waals surface area contributed by atoms with Gasteiger partial charge in [0, 0.05) is 13.2 Å². The van der Waals surface area contributed by atoms with Crippen molar-refractivity contribution < 1.29 is 14.2 Å². The molecule has 7 aromatic rings. The highest BCUT2D eigenvalue weighted by atomic mass is 16.6. The summed E-state index contributed by atoms with van der Waals surface area (Å²) in [6.45, 7) is 4.77. The summed E-state index contributed by atoms with van der Waals surface area (Å²) >= 11 is 0. The lowest BCUT2D eigenvalue weighted by Gasteiger charge is -2.37. The summed E-state index contributed by atoms with van der Waals surface area (Å²) in [6.07, 6.45) is 31.5. The molecule has 362 valence electrons. The molecule has 0 aliphatic heterocycles. The molecule has 0 aliphatic carbocycles. The van der Waals surface area contributed by atoms with Gasteiger partial charge in [0.25, 0.3) is 0 Å². The molecule has 7 rings (SSSR count). The van der Waals surface area contributed by atoms with Crippen molar-refractivity contribution in [1.29, 1.82) is 0 Å². The fourth-order valence-electron chi connectivity index (χ4n) is 10.7. The summed E-state index contributed by atoms with van der Waals surface area (Å²) in [5.74, 6) is 0. The third kappa shape index (κ3) is 15.2. The van der Waals surface area contributed by atoms with Crippen LogP contribution in [0, 0.1) is 0 Å². The van der Waals surface area contributed by atoms with E-state index in [4.69, 9.17) is 14.2 Å². The number of rotatable bonds is 36. The van der Waals surface area contributed by atoms with E-state index in [-0.39, 0.29) is 6.10 Å². The Kier molecular flexibility index (Phi) is 22.2. The summed E-state index contributed by atoms with van der Waals surface area (Å²) in [6, 6.07) is 52.7. The number of unbranched alkanes of at least 4 members (excludes halogenated alkanes) is 21. The number of hydrogen-bond donors (Lipinski definition) is 0. The minimum atomic E-state index is -0.779. The topological polar surface area (TPSA) is 27.7 Å². The van der Waals surface area contributed by atoms with Gasteiger partial charge in [0.05, 0.1) is 13.2 Å². The molecule has 68 heavy (non-hydrogen) atoms. The minimum Gasteiger partial charge on any atom is -0.379 e. The molecule has 0 heterocycles. The third-order valence-corrected chi connectivity index (χ3v) is 14.5. The van der Waals surface area contributed by atoms with Crippen molar-refractivity contribution in [3.05, 3.63) is 168 Å². The van der Waals surface area contributed by atoms with Crippen LogP contribution in [0.25, 0.3) is 32.3 Å². The second-order valence-electron chi connectivity index (χ2n) is 19.8. The molecule has 0 spiro atoms. The maximum atomic E-state index is 7.25. The van der Waals surface area contributed by atoms with Gasteiger partial charge in [0.2, 0.25) is 0 Å². The quantitative estimate of drug-likeness (QED) is 0.0223. The molecule has 3 heteroatoms. The highest BCUT2D eigenvalue weighted by Gasteiger charge is 2.38. The van der Waals surface area contributed by atoms with Crippen molar-refractivity contribution in [3.8, 4) is 0 Å². The van der Waals surface area contributed by atoms with Crippen LogP contribution < -0.4 is 0 Å². The SMILES string of the molecule is CCCCCCCCCCCCCCCCCCOCC(COC(c1ccccc1)(c1ccccc1)c1ccccc1)OCCCCCCCCCc1ccc2ccc3cccc4ccc1c2c34. The molecule has 0 saturated carbocycles. The summed E-state index contributed by atoms with van der Waals surface area (Å²) in [5, 5.41) is 8.35. The molecule has 3 nitrogen and oxygen atoms in total. The number of benzene rings is 7. The number of ether oxygens (including phenoxy) is 3. The zero-order chi connectivity index (χ0) is 46.7. The number of aryl methyl sites for hydroxylation is 1. The normalized spacial score (nSPS) is 12.5. The average Bonchev–Trinajstić information content (AvgIpc) is 3.39. The summed E-state index contributed by atoms with van der Waals surface area (Å²) in [5.41, 5.74) is 4.05. The summed E-state index contributed by atoms with van der Waals surface area (Å²) < 4.78 is 20.4. The summed E-state index contributed by atoms with van der Waals surface area (Å²) in [4.78, 5) is 0. The predicted octanol–water partition coefficient (Wildman–Crippen LogP) is 18.5. The van der Waals surface area contributed by atoms with Gasteiger partial charge in [-0.2, -0.15) is 0 Å². The van der Waals surface area contributed by atoms with Crippen LogP contribution in [0.2, 0.25) is 0 Å². The van der Waals surface area contributed by atoms with Crippen molar-refractivity contribution in [3.63, 3.8) is 0 Å². The van der Waals surface area contributed by atoms with Crippen molar-refractivity contribution in [2.75, 3.05) is 26.4 Å². The van der Waals surface area contributed by atoms with E-state index < -0.39 is 5.60 Å². The highest BCUT2D eigenvalue weighted by molar-refractivity contribution is 6.23. The van der Waals surface area contributed by atoms with Crippen LogP contribution >= 0.6 is 0 Å². The second-order valence-corrected chi connectivity index (χ2v) is 19.8. The molecule has 0 aromatic heterocycles. The molecule has 0 amide bonds. The Morgan fingerprint density at radius 3 is 1.31 bits per heavy atom. The molecule has 0 fully saturated rings. The van der Waals surface area contributed by atoms with Gasteiger partial charge < -0.3 is 14.2 Å². The minimum absolute atomic E-state index is 0.161. The maximum absolute atomic E-state index is 7.25. The van der Waals surface area contributed by atoms with Crippen LogP contribution in [-0.2, 0) is 26.2 Å². The van der Waals surface area contributed by atoms with Crippen LogP contribution in [0.15, 0.2) is 146 Å². The van der Waals surface area contributed by atoms with Gasteiger partial charge in [0.15, 0.2) is 0 Å². The van der Waals surface area contributed by atoms with Crippen LogP contribution in [0.3, 0.4) is 0 Å². The lowest BCUT2D eigenvalue weighted by molar-refractivity contribution is -0.0923. The molecule has 1 unspecified atom stereocenters. The Bertz CT molecular complexity index is 2260. The Labute approximate surface area is 411 Å². The highest BCUT2D eigenvalue weighted by Crippen LogP contribution is 2.41. The Balaban J connectivity index is 0.841. The molecule has 0 N–H and O–H groups in total. The molecule has 0 radical (unpaired) electrons. The van der Waals surface area contributed by atoms with Gasteiger partial charge in [-0.25, -0.2) is 0 Å². The molecule has 1 atom stereocenters. The molecular formula is C65H84O3. The van der Waals surface area contributed by atoms with Crippen molar-refractivity contribution >= 4 is 32.3 Å². The summed E-state index contributed by atoms with van der Waals surface area (Å²) in [7, 11) is 0. The lowest BCUT2D eigenvalue weighted by atomic mass is 9.80. The Morgan fingerprint density at radius 1 is 0.368 bits per heavy atom. The van der Waals surface area contributed by atoms with Gasteiger partial charge in [-0.05, 0) is 80.3 Å². The van der Waals surface area contributed by atoms with Gasteiger partial charge in [0.1, 0.15) is 11.7 Å². The smallest absolute Gasteiger partial charge is 0.143 e. The van der Waals surface area contributed by atoms with Crippen LogP contribution in [-0.4, -0.2) is 32.5 Å². The Hall–Kier alpha value is -4.54. The maximum Gasteiger partial charge on any atom is 0.143 e. The fraction of sp³-hybridized carbons (Fsp3) is 0.477. The molecule has 7 aromatic carbocycles. The van der Waals surface area contributed by atoms with E-state index >= 15 is 0 Å². The zero-order valence-corrected chi connectivity index (χ0v) is 42.0. The van der Waals surface area contributed by atoms with E-state index in [2.05, 4.69) is 153 Å². The first kappa shape index (κ1) is 51.3. The van der Waals surface area contributed by atoms with Gasteiger partial charge >= 0.3 is 0 Å². The first-order valence-electron chi connectivity index (χ1n) is 27.4. The van der Waals surface area contributed by atoms with Crippen LogP contribution in [0.4, 0.5) is 0 Å². The van der Waals surface area contributed by atoms with Crippen molar-refractivity contribution in [2.45, 2.75) is 173 Å². The van der Waals surface area contributed by atoms with Crippen molar-refractivity contribution in [2.24, 2.45) is 0 Å². The second kappa shape index (κ2) is 29.5. The third-order valence-electron chi connectivity index (χ3n) is 14.5. The number of hydrogen-bond acceptors (Lipinski definition) is 3. The van der Waals surface area contributed by atoms with Gasteiger partial charge in [-0.1, -0.05) is 281 Å². The van der Waals surface area contributed by atoms with E-state index in [1.165, 1.54) is 173 Å². The standard InChI is InChI=1S/C65H84O3/c1-2-3-4-5-6-7-8-9-10-11-12-13-14-17-20-32-50-66-52-61(53-68-65(58-38-26-22-27-39-58,59-40-28-23-29-41-59)60-42-30-24-31-43-60)67-51-33-21-18-15-16-19-25-35-54-44-45-57-47-46-55-36-34-37-56-48-49-62(54)64(57)63(55)56/h22-24,26-31,34,36-49,61H,2-21,25,32-33,35,50-53H2,1H3. The van der Waals surface area contributed by atoms with E-state index in [9.17, 15) is 0 Å². The monoisotopic (exact) mass is 913 g/mol. The molecular weight excluding hydrogens is 829 g/mol. The van der Waals surface area contributed by atoms with E-state index in [0.29, 0.717) is 13.2 Å². The average molecular weight is 913 g/mol. The first-order chi connectivity index (χ1) is 33.8. The molecule has 0 bridgehead atoms. The van der Waals surface area contributed by atoms with Crippen LogP contribution in [0.5, 0.6) is 0 Å². The lowest BCUT2D eigenvalue weighted by Crippen LogP contribution is -2.37. The van der Waals surface area contributed by atoms with E-state index in [0.717, 1.165) is 49.2 Å². The van der Waals surface area contributed by atoms with E-state index in [1.807, 2.05) is 0 Å². The fourth-order valence-corrected chi connectivity index (χ4v) is 10.7. The largest absolute Gasteiger partial charge is 0.379 e. The Morgan fingerprint density at radius 2 is 0.794 bits per heavy atom. The van der Waals surface area contributed by atoms with Crippen molar-refractivity contribution in [1.82, 2.24) is 0 Å². The van der Waals surface area contributed by atoms with Gasteiger partial charge in [-0.15, -0.1) is 0 Å². The molecule has 0 saturated heterocycles. The van der Waals surface area contributed by atoms with E-state index in [1.54, 1.807) is 0 Å². The molecule has 0 aliphatic rings.